The number of nitriles is 3. The lowest BCUT2D eigenvalue weighted by molar-refractivity contribution is -0.137. The fraction of sp³-hybridized carbons (Fsp3) is 0.0732. The van der Waals surface area contributed by atoms with Crippen molar-refractivity contribution in [1.29, 1.82) is 15.8 Å². The average Bonchev–Trinajstić information content (AvgIpc) is 1.64. The second-order valence-corrected chi connectivity index (χ2v) is 24.0. The second-order valence-electron chi connectivity index (χ2n) is 24.0. The number of nitrogens with zero attached hydrogens (tertiary/aromatic N) is 8. The molecule has 4 aromatic heterocycles. The van der Waals surface area contributed by atoms with Gasteiger partial charge in [0, 0.05) is 59.8 Å². The molecule has 0 aliphatic heterocycles. The van der Waals surface area contributed by atoms with E-state index in [2.05, 4.69) is 149 Å². The summed E-state index contributed by atoms with van der Waals surface area (Å²) < 4.78 is 53.0. The van der Waals surface area contributed by atoms with E-state index < -0.39 is 11.7 Å². The maximum Gasteiger partial charge on any atom is 0.415 e. The fourth-order valence-electron chi connectivity index (χ4n) is 13.9. The van der Waals surface area contributed by atoms with Gasteiger partial charge in [0.1, 0.15) is 12.1 Å². The van der Waals surface area contributed by atoms with Crippen LogP contribution in [0.15, 0.2) is 231 Å². The minimum Gasteiger partial charge on any atom is -0.309 e. The van der Waals surface area contributed by atoms with Crippen LogP contribution in [-0.4, -0.2) is 18.3 Å². The zero-order chi connectivity index (χ0) is 64.1. The predicted molar refractivity (Wildman–Crippen MR) is 370 cm³/mol. The normalized spacial score (nSPS) is 11.6. The van der Waals surface area contributed by atoms with Crippen LogP contribution in [0.5, 0.6) is 0 Å². The first-order valence-corrected chi connectivity index (χ1v) is 30.4. The summed E-state index contributed by atoms with van der Waals surface area (Å²) in [6.07, 6.45) is -4.75. The molecule has 0 aliphatic rings. The number of fused-ring (bicyclic) bond motifs is 12. The molecule has 0 atom stereocenters. The van der Waals surface area contributed by atoms with Gasteiger partial charge in [0.2, 0.25) is 0 Å². The number of alkyl halides is 3. The van der Waals surface area contributed by atoms with Crippen LogP contribution in [0.25, 0.3) is 137 Å². The number of benzene rings is 12. The van der Waals surface area contributed by atoms with Crippen LogP contribution in [-0.2, 0) is 6.18 Å². The van der Waals surface area contributed by atoms with Gasteiger partial charge in [0.05, 0.1) is 102 Å². The standard InChI is InChI=1S/C41H25F3N4.C41H28N4/c1-24-12-16-37-31(18-24)29-8-4-6-10-35(29)47(37)39-22-33(28-15-14-27(46-3)21-34(28)41(42,43)44)40(20-26(39)23-45)48-36-11-7-5-9-30(36)32-19-25(2)13-17-38(32)48;1-25-12-15-30(28(18-25)23-42)35-22-40(44-36-10-6-4-8-31(36)33-19-26(2)13-16-38(33)44)29(24-43)21-41(35)45-37-11-7-5-9-32(37)34-20-27(3)14-17-39(34)45/h4-22H,1-2H3;4-22H,1-3H3. The SMILES string of the molecule is Cc1ccc(-c2cc(-n3c4ccccc4c4cc(C)ccc43)c(C#N)cc2-n2c3ccccc3c3cc(C)ccc32)c(C#N)c1.[C-]#[N+]c1ccc(-c2cc(-n3c4ccccc4c4cc(C)ccc43)c(C#N)cc2-n2c3ccccc3c3cc(C)ccc32)c(C(F)(F)F)c1. The molecule has 4 heterocycles. The van der Waals surface area contributed by atoms with Gasteiger partial charge in [0.25, 0.3) is 0 Å². The molecule has 16 aromatic rings. The van der Waals surface area contributed by atoms with Crippen molar-refractivity contribution in [2.75, 3.05) is 0 Å². The van der Waals surface area contributed by atoms with Crippen LogP contribution >= 0.6 is 0 Å². The first-order valence-electron chi connectivity index (χ1n) is 30.4. The number of hydrogen-bond acceptors (Lipinski definition) is 3. The van der Waals surface area contributed by atoms with Gasteiger partial charge in [-0.3, -0.25) is 0 Å². The Labute approximate surface area is 533 Å². The van der Waals surface area contributed by atoms with Crippen LogP contribution in [0, 0.1) is 75.2 Å². The largest absolute Gasteiger partial charge is 0.415 e. The monoisotopic (exact) mass is 1210 g/mol. The Morgan fingerprint density at radius 1 is 0.312 bits per heavy atom. The van der Waals surface area contributed by atoms with E-state index in [9.17, 15) is 29.0 Å². The molecule has 442 valence electrons. The van der Waals surface area contributed by atoms with E-state index in [1.807, 2.05) is 127 Å². The third-order valence-electron chi connectivity index (χ3n) is 18.1. The summed E-state index contributed by atoms with van der Waals surface area (Å²) in [5, 5.41) is 40.3. The van der Waals surface area contributed by atoms with Crippen molar-refractivity contribution < 1.29 is 13.2 Å². The lowest BCUT2D eigenvalue weighted by Gasteiger charge is -2.21. The van der Waals surface area contributed by atoms with E-state index in [-0.39, 0.29) is 16.8 Å². The molecule has 0 saturated heterocycles. The highest BCUT2D eigenvalue weighted by Gasteiger charge is 2.35. The molecule has 0 unspecified atom stereocenters. The van der Waals surface area contributed by atoms with E-state index in [4.69, 9.17) is 6.57 Å². The number of para-hydroxylation sites is 4. The molecule has 0 bridgehead atoms. The Balaban J connectivity index is 0.000000154. The highest BCUT2D eigenvalue weighted by Crippen LogP contribution is 2.47. The molecule has 0 amide bonds. The zero-order valence-electron chi connectivity index (χ0n) is 51.2. The number of halogens is 3. The Kier molecular flexibility index (Phi) is 13.5. The Bertz CT molecular complexity index is 6060. The number of aromatic nitrogens is 4. The van der Waals surface area contributed by atoms with Gasteiger partial charge in [-0.1, -0.05) is 144 Å². The summed E-state index contributed by atoms with van der Waals surface area (Å²) in [4.78, 5) is 3.30. The molecule has 93 heavy (non-hydrogen) atoms. The number of hydrogen-bond donors (Lipinski definition) is 0. The summed E-state index contributed by atoms with van der Waals surface area (Å²) in [6.45, 7) is 17.7. The van der Waals surface area contributed by atoms with Crippen molar-refractivity contribution in [2.24, 2.45) is 0 Å². The minimum atomic E-state index is -4.75. The van der Waals surface area contributed by atoms with Crippen molar-refractivity contribution >= 4 is 92.9 Å². The number of aryl methyl sites for hydroxylation is 5. The van der Waals surface area contributed by atoms with Gasteiger partial charge in [0.15, 0.2) is 5.69 Å². The zero-order valence-corrected chi connectivity index (χ0v) is 51.2. The third kappa shape index (κ3) is 9.25. The first kappa shape index (κ1) is 57.1. The molecule has 0 N–H and O–H groups in total. The molecular formula is C82H53F3N8. The van der Waals surface area contributed by atoms with Crippen LogP contribution < -0.4 is 0 Å². The van der Waals surface area contributed by atoms with Gasteiger partial charge in [-0.05, 0) is 155 Å². The molecule has 0 fully saturated rings. The predicted octanol–water partition coefficient (Wildman–Crippen LogP) is 21.8. The molecule has 0 radical (unpaired) electrons. The van der Waals surface area contributed by atoms with Crippen molar-refractivity contribution in [3.05, 3.63) is 292 Å². The summed E-state index contributed by atoms with van der Waals surface area (Å²) in [5.41, 5.74) is 17.9. The molecule has 0 spiro atoms. The lowest BCUT2D eigenvalue weighted by Crippen LogP contribution is -2.09. The first-order chi connectivity index (χ1) is 45.1. The lowest BCUT2D eigenvalue weighted by atomic mass is 9.94. The Hall–Kier alpha value is -12.4. The summed E-state index contributed by atoms with van der Waals surface area (Å²) in [7, 11) is 0. The summed E-state index contributed by atoms with van der Waals surface area (Å²) in [6, 6.07) is 82.0. The quantitative estimate of drug-likeness (QED) is 0.155. The van der Waals surface area contributed by atoms with Crippen LogP contribution in [0.3, 0.4) is 0 Å². The van der Waals surface area contributed by atoms with Gasteiger partial charge in [-0.2, -0.15) is 29.0 Å². The highest BCUT2D eigenvalue weighted by molar-refractivity contribution is 6.14. The van der Waals surface area contributed by atoms with Gasteiger partial charge >= 0.3 is 6.18 Å². The Morgan fingerprint density at radius 3 is 0.978 bits per heavy atom. The van der Waals surface area contributed by atoms with Crippen molar-refractivity contribution in [1.82, 2.24) is 18.3 Å². The molecule has 8 nitrogen and oxygen atoms in total. The minimum absolute atomic E-state index is 0.0784. The molecule has 16 rings (SSSR count). The van der Waals surface area contributed by atoms with Gasteiger partial charge in [-0.25, -0.2) is 4.85 Å². The van der Waals surface area contributed by atoms with Crippen molar-refractivity contribution in [3.63, 3.8) is 0 Å². The summed E-state index contributed by atoms with van der Waals surface area (Å²) in [5.74, 6) is 0. The second kappa shape index (κ2) is 22.0. The van der Waals surface area contributed by atoms with Gasteiger partial charge in [-0.15, -0.1) is 0 Å². The topological polar surface area (TPSA) is 95.4 Å². The maximum absolute atomic E-state index is 14.9. The van der Waals surface area contributed by atoms with E-state index in [0.717, 1.165) is 132 Å². The maximum atomic E-state index is 14.9. The van der Waals surface area contributed by atoms with Crippen molar-refractivity contribution in [2.45, 2.75) is 40.8 Å². The van der Waals surface area contributed by atoms with Crippen molar-refractivity contribution in [3.8, 4) is 63.2 Å². The van der Waals surface area contributed by atoms with E-state index >= 15 is 0 Å². The Morgan fingerprint density at radius 2 is 0.624 bits per heavy atom. The average molecular weight is 1210 g/mol. The van der Waals surface area contributed by atoms with E-state index in [1.165, 1.54) is 23.3 Å². The van der Waals surface area contributed by atoms with Crippen LogP contribution in [0.4, 0.5) is 18.9 Å². The van der Waals surface area contributed by atoms with E-state index in [0.29, 0.717) is 28.1 Å². The fourth-order valence-corrected chi connectivity index (χ4v) is 13.9. The van der Waals surface area contributed by atoms with Crippen LogP contribution in [0.1, 0.15) is 50.1 Å². The smallest absolute Gasteiger partial charge is 0.309 e. The van der Waals surface area contributed by atoms with Gasteiger partial charge < -0.3 is 18.3 Å². The molecule has 12 aromatic carbocycles. The van der Waals surface area contributed by atoms with E-state index in [1.54, 1.807) is 12.1 Å². The van der Waals surface area contributed by atoms with Crippen LogP contribution in [0.2, 0.25) is 0 Å². The number of rotatable bonds is 6. The summed E-state index contributed by atoms with van der Waals surface area (Å²) >= 11 is 0. The third-order valence-corrected chi connectivity index (χ3v) is 18.1. The molecule has 11 heteroatoms. The highest BCUT2D eigenvalue weighted by atomic mass is 19.4. The molecule has 0 aliphatic carbocycles. The molecular weight excluding hydrogens is 1150 g/mol. The molecule has 0 saturated carbocycles.